The lowest BCUT2D eigenvalue weighted by Crippen LogP contribution is -2.16. The average molecular weight is 358 g/mol. The highest BCUT2D eigenvalue weighted by Crippen LogP contribution is 2.25. The first-order valence-corrected chi connectivity index (χ1v) is 6.24. The van der Waals surface area contributed by atoms with Gasteiger partial charge in [0.2, 0.25) is 0 Å². The normalized spacial score (nSPS) is 10.2. The number of nitrogens with one attached hydrogen (secondary N) is 1. The van der Waals surface area contributed by atoms with Crippen molar-refractivity contribution in [3.63, 3.8) is 0 Å². The zero-order chi connectivity index (χ0) is 15.6. The molecule has 9 heteroatoms. The SMILES string of the molecule is O=C(Nc1ncccc1Br)c1cc(F)c(F)cc1[N+](=O)[O-]. The van der Waals surface area contributed by atoms with E-state index < -0.39 is 33.7 Å². The highest BCUT2D eigenvalue weighted by molar-refractivity contribution is 9.10. The molecule has 1 aromatic carbocycles. The molecule has 2 aromatic rings. The number of amides is 1. The summed E-state index contributed by atoms with van der Waals surface area (Å²) in [5, 5.41) is 13.1. The summed E-state index contributed by atoms with van der Waals surface area (Å²) in [7, 11) is 0. The molecule has 1 aromatic heterocycles. The van der Waals surface area contributed by atoms with Crippen LogP contribution >= 0.6 is 15.9 Å². The van der Waals surface area contributed by atoms with E-state index in [1.165, 1.54) is 6.20 Å². The number of pyridine rings is 1. The molecular formula is C12H6BrF2N3O3. The Bertz CT molecular complexity index is 740. The topological polar surface area (TPSA) is 85.1 Å². The van der Waals surface area contributed by atoms with Crippen molar-refractivity contribution in [3.8, 4) is 0 Å². The first-order valence-electron chi connectivity index (χ1n) is 5.45. The summed E-state index contributed by atoms with van der Waals surface area (Å²) < 4.78 is 26.7. The van der Waals surface area contributed by atoms with Gasteiger partial charge in [-0.3, -0.25) is 14.9 Å². The minimum atomic E-state index is -1.41. The summed E-state index contributed by atoms with van der Waals surface area (Å²) in [4.78, 5) is 25.7. The molecule has 0 fully saturated rings. The van der Waals surface area contributed by atoms with Crippen LogP contribution in [0.1, 0.15) is 10.4 Å². The van der Waals surface area contributed by atoms with Gasteiger partial charge in [0, 0.05) is 6.20 Å². The van der Waals surface area contributed by atoms with Gasteiger partial charge in [0.05, 0.1) is 15.5 Å². The number of carbonyl (C=O) groups excluding carboxylic acids is 1. The zero-order valence-electron chi connectivity index (χ0n) is 10.1. The van der Waals surface area contributed by atoms with Gasteiger partial charge in [-0.25, -0.2) is 13.8 Å². The lowest BCUT2D eigenvalue weighted by atomic mass is 10.1. The molecule has 0 atom stereocenters. The Morgan fingerprint density at radius 1 is 1.33 bits per heavy atom. The second-order valence-electron chi connectivity index (χ2n) is 3.83. The molecule has 0 aliphatic heterocycles. The molecule has 0 saturated carbocycles. The maximum Gasteiger partial charge on any atom is 0.285 e. The fourth-order valence-electron chi connectivity index (χ4n) is 1.52. The van der Waals surface area contributed by atoms with Crippen LogP contribution < -0.4 is 5.32 Å². The number of aromatic nitrogens is 1. The van der Waals surface area contributed by atoms with Crippen LogP contribution in [0.3, 0.4) is 0 Å². The number of hydrogen-bond acceptors (Lipinski definition) is 4. The summed E-state index contributed by atoms with van der Waals surface area (Å²) in [6, 6.07) is 4.01. The van der Waals surface area contributed by atoms with Gasteiger partial charge in [-0.2, -0.15) is 0 Å². The maximum absolute atomic E-state index is 13.2. The van der Waals surface area contributed by atoms with E-state index in [1.807, 2.05) is 0 Å². The van der Waals surface area contributed by atoms with Crippen molar-refractivity contribution in [3.05, 3.63) is 62.2 Å². The van der Waals surface area contributed by atoms with Crippen LogP contribution in [-0.2, 0) is 0 Å². The van der Waals surface area contributed by atoms with Gasteiger partial charge in [0.15, 0.2) is 11.6 Å². The van der Waals surface area contributed by atoms with Crippen molar-refractivity contribution >= 4 is 33.3 Å². The molecule has 21 heavy (non-hydrogen) atoms. The Labute approximate surface area is 125 Å². The number of nitro groups is 1. The van der Waals surface area contributed by atoms with Crippen LogP contribution in [0, 0.1) is 21.7 Å². The van der Waals surface area contributed by atoms with Crippen molar-refractivity contribution in [2.24, 2.45) is 0 Å². The quantitative estimate of drug-likeness (QED) is 0.674. The van der Waals surface area contributed by atoms with Crippen molar-refractivity contribution in [1.82, 2.24) is 4.98 Å². The molecule has 1 amide bonds. The molecule has 0 aliphatic rings. The number of anilines is 1. The van der Waals surface area contributed by atoms with Crippen LogP contribution in [0.15, 0.2) is 34.9 Å². The smallest absolute Gasteiger partial charge is 0.285 e. The largest absolute Gasteiger partial charge is 0.305 e. The monoisotopic (exact) mass is 357 g/mol. The Hall–Kier alpha value is -2.42. The minimum Gasteiger partial charge on any atom is -0.305 e. The highest BCUT2D eigenvalue weighted by atomic mass is 79.9. The van der Waals surface area contributed by atoms with Gasteiger partial charge in [0.25, 0.3) is 11.6 Å². The standard InChI is InChI=1S/C12H6BrF2N3O3/c13-7-2-1-3-16-11(7)17-12(19)6-4-8(14)9(15)5-10(6)18(20)21/h1-5H,(H,16,17,19). The lowest BCUT2D eigenvalue weighted by Gasteiger charge is -2.07. The number of nitro benzene ring substituents is 1. The number of carbonyl (C=O) groups is 1. The molecular weight excluding hydrogens is 352 g/mol. The first-order chi connectivity index (χ1) is 9.90. The Morgan fingerprint density at radius 2 is 2.00 bits per heavy atom. The van der Waals surface area contributed by atoms with Gasteiger partial charge in [0.1, 0.15) is 11.4 Å². The van der Waals surface area contributed by atoms with E-state index in [0.717, 1.165) is 0 Å². The van der Waals surface area contributed by atoms with E-state index >= 15 is 0 Å². The van der Waals surface area contributed by atoms with Gasteiger partial charge >= 0.3 is 0 Å². The third-order valence-electron chi connectivity index (χ3n) is 2.47. The molecule has 1 N–H and O–H groups in total. The van der Waals surface area contributed by atoms with E-state index in [2.05, 4.69) is 26.2 Å². The second-order valence-corrected chi connectivity index (χ2v) is 4.68. The molecule has 0 aliphatic carbocycles. The average Bonchev–Trinajstić information content (AvgIpc) is 2.43. The molecule has 0 spiro atoms. The first kappa shape index (κ1) is 15.0. The molecule has 108 valence electrons. The Morgan fingerprint density at radius 3 is 2.62 bits per heavy atom. The van der Waals surface area contributed by atoms with Crippen LogP contribution in [0.25, 0.3) is 0 Å². The van der Waals surface area contributed by atoms with Gasteiger partial charge in [-0.1, -0.05) is 0 Å². The van der Waals surface area contributed by atoms with Crippen molar-refractivity contribution in [2.45, 2.75) is 0 Å². The molecule has 0 saturated heterocycles. The number of halogens is 3. The third-order valence-corrected chi connectivity index (χ3v) is 3.11. The van der Waals surface area contributed by atoms with Gasteiger partial charge in [-0.15, -0.1) is 0 Å². The molecule has 2 rings (SSSR count). The van der Waals surface area contributed by atoms with E-state index in [9.17, 15) is 23.7 Å². The Kier molecular flexibility index (Phi) is 4.22. The van der Waals surface area contributed by atoms with Gasteiger partial charge < -0.3 is 5.32 Å². The fraction of sp³-hybridized carbons (Fsp3) is 0. The van der Waals surface area contributed by atoms with E-state index in [-0.39, 0.29) is 5.82 Å². The van der Waals surface area contributed by atoms with Gasteiger partial charge in [-0.05, 0) is 34.1 Å². The van der Waals surface area contributed by atoms with Crippen LogP contribution in [0.2, 0.25) is 0 Å². The van der Waals surface area contributed by atoms with Crippen molar-refractivity contribution in [2.75, 3.05) is 5.32 Å². The maximum atomic E-state index is 13.2. The van der Waals surface area contributed by atoms with Crippen LogP contribution in [-0.4, -0.2) is 15.8 Å². The molecule has 6 nitrogen and oxygen atoms in total. The second kappa shape index (κ2) is 5.92. The minimum absolute atomic E-state index is 0.0986. The number of benzene rings is 1. The summed E-state index contributed by atoms with van der Waals surface area (Å²) >= 11 is 3.13. The molecule has 0 radical (unpaired) electrons. The molecule has 1 heterocycles. The summed E-state index contributed by atoms with van der Waals surface area (Å²) in [6.07, 6.45) is 1.39. The number of hydrogen-bond donors (Lipinski definition) is 1. The molecule has 0 bridgehead atoms. The van der Waals surface area contributed by atoms with Crippen molar-refractivity contribution in [1.29, 1.82) is 0 Å². The van der Waals surface area contributed by atoms with E-state index in [4.69, 9.17) is 0 Å². The number of rotatable bonds is 3. The number of nitrogens with zero attached hydrogens (tertiary/aromatic N) is 2. The summed E-state index contributed by atoms with van der Waals surface area (Å²) in [6.45, 7) is 0. The molecule has 0 unspecified atom stereocenters. The fourth-order valence-corrected chi connectivity index (χ4v) is 1.88. The van der Waals surface area contributed by atoms with Crippen LogP contribution in [0.4, 0.5) is 20.3 Å². The summed E-state index contributed by atoms with van der Waals surface area (Å²) in [5.41, 5.74) is -1.44. The summed E-state index contributed by atoms with van der Waals surface area (Å²) in [5.74, 6) is -3.63. The zero-order valence-corrected chi connectivity index (χ0v) is 11.7. The third kappa shape index (κ3) is 3.19. The van der Waals surface area contributed by atoms with E-state index in [0.29, 0.717) is 16.6 Å². The predicted molar refractivity (Wildman–Crippen MR) is 72.9 cm³/mol. The van der Waals surface area contributed by atoms with Crippen molar-refractivity contribution < 1.29 is 18.5 Å². The van der Waals surface area contributed by atoms with E-state index in [1.54, 1.807) is 12.1 Å². The highest BCUT2D eigenvalue weighted by Gasteiger charge is 2.24. The Balaban J connectivity index is 2.42. The lowest BCUT2D eigenvalue weighted by molar-refractivity contribution is -0.385. The predicted octanol–water partition coefficient (Wildman–Crippen LogP) is 3.28. The van der Waals surface area contributed by atoms with Crippen LogP contribution in [0.5, 0.6) is 0 Å².